The second kappa shape index (κ2) is 5.12. The highest BCUT2D eigenvalue weighted by molar-refractivity contribution is 6.31. The van der Waals surface area contributed by atoms with Gasteiger partial charge in [-0.3, -0.25) is 0 Å². The molecular formula is C22H14ClN. The van der Waals surface area contributed by atoms with E-state index in [4.69, 9.17) is 11.6 Å². The molecule has 114 valence electrons. The molecule has 0 aliphatic rings. The van der Waals surface area contributed by atoms with E-state index in [9.17, 15) is 0 Å². The van der Waals surface area contributed by atoms with E-state index in [-0.39, 0.29) is 0 Å². The molecule has 0 saturated carbocycles. The van der Waals surface area contributed by atoms with E-state index in [1.165, 1.54) is 32.9 Å². The quantitative estimate of drug-likeness (QED) is 0.327. The molecule has 0 aliphatic heterocycles. The molecule has 2 heteroatoms. The third-order valence-corrected chi connectivity index (χ3v) is 4.86. The average Bonchev–Trinajstić information content (AvgIpc) is 2.97. The van der Waals surface area contributed by atoms with E-state index in [0.29, 0.717) is 0 Å². The van der Waals surface area contributed by atoms with Gasteiger partial charge < -0.3 is 4.57 Å². The van der Waals surface area contributed by atoms with E-state index in [2.05, 4.69) is 77.4 Å². The van der Waals surface area contributed by atoms with Crippen molar-refractivity contribution in [2.45, 2.75) is 0 Å². The molecule has 0 bridgehead atoms. The maximum absolute atomic E-state index is 6.20. The molecule has 0 fully saturated rings. The Kier molecular flexibility index (Phi) is 2.91. The van der Waals surface area contributed by atoms with Crippen molar-refractivity contribution in [3.63, 3.8) is 0 Å². The van der Waals surface area contributed by atoms with Crippen LogP contribution in [0.4, 0.5) is 0 Å². The summed E-state index contributed by atoms with van der Waals surface area (Å²) < 4.78 is 2.35. The Labute approximate surface area is 144 Å². The normalized spacial score (nSPS) is 11.5. The fourth-order valence-corrected chi connectivity index (χ4v) is 3.79. The van der Waals surface area contributed by atoms with Gasteiger partial charge in [-0.2, -0.15) is 0 Å². The van der Waals surface area contributed by atoms with Crippen LogP contribution in [0.25, 0.3) is 38.3 Å². The van der Waals surface area contributed by atoms with Gasteiger partial charge in [-0.1, -0.05) is 66.2 Å². The van der Waals surface area contributed by atoms with E-state index < -0.39 is 0 Å². The Hall–Kier alpha value is -2.77. The molecule has 1 aromatic heterocycles. The van der Waals surface area contributed by atoms with E-state index in [0.717, 1.165) is 10.4 Å². The number of nitrogens with zero attached hydrogens (tertiary/aromatic N) is 1. The first-order valence-corrected chi connectivity index (χ1v) is 8.37. The zero-order valence-corrected chi connectivity index (χ0v) is 13.7. The summed E-state index contributed by atoms with van der Waals surface area (Å²) in [7, 11) is 0. The molecule has 1 nitrogen and oxygen atoms in total. The molecule has 5 aromatic rings. The van der Waals surface area contributed by atoms with Crippen LogP contribution in [0.15, 0.2) is 84.9 Å². The predicted octanol–water partition coefficient (Wildman–Crippen LogP) is 6.59. The zero-order chi connectivity index (χ0) is 16.1. The van der Waals surface area contributed by atoms with Crippen LogP contribution >= 0.6 is 11.6 Å². The summed E-state index contributed by atoms with van der Waals surface area (Å²) in [5.74, 6) is 0. The minimum atomic E-state index is 0.768. The molecule has 0 N–H and O–H groups in total. The van der Waals surface area contributed by atoms with Crippen molar-refractivity contribution in [2.24, 2.45) is 0 Å². The van der Waals surface area contributed by atoms with Gasteiger partial charge in [0.1, 0.15) is 0 Å². The number of para-hydroxylation sites is 2. The fraction of sp³-hybridized carbons (Fsp3) is 0. The molecule has 0 atom stereocenters. The van der Waals surface area contributed by atoms with Gasteiger partial charge in [0.25, 0.3) is 0 Å². The van der Waals surface area contributed by atoms with Crippen molar-refractivity contribution in [1.82, 2.24) is 4.57 Å². The molecule has 24 heavy (non-hydrogen) atoms. The van der Waals surface area contributed by atoms with Gasteiger partial charge in [-0.15, -0.1) is 0 Å². The lowest BCUT2D eigenvalue weighted by atomic mass is 10.1. The number of rotatable bonds is 1. The number of aromatic nitrogens is 1. The van der Waals surface area contributed by atoms with E-state index in [1.807, 2.05) is 12.1 Å². The lowest BCUT2D eigenvalue weighted by Gasteiger charge is -2.09. The Morgan fingerprint density at radius 1 is 0.625 bits per heavy atom. The summed E-state index contributed by atoms with van der Waals surface area (Å²) in [6, 6.07) is 29.6. The molecular weight excluding hydrogens is 314 g/mol. The summed E-state index contributed by atoms with van der Waals surface area (Å²) in [6.07, 6.45) is 0. The maximum atomic E-state index is 6.20. The topological polar surface area (TPSA) is 4.93 Å². The molecule has 1 heterocycles. The minimum absolute atomic E-state index is 0.768. The predicted molar refractivity (Wildman–Crippen MR) is 103 cm³/mol. The smallest absolute Gasteiger partial charge is 0.0619 e. The Morgan fingerprint density at radius 3 is 2.25 bits per heavy atom. The second-order valence-electron chi connectivity index (χ2n) is 6.02. The van der Waals surface area contributed by atoms with E-state index in [1.54, 1.807) is 0 Å². The highest BCUT2D eigenvalue weighted by Gasteiger charge is 2.14. The lowest BCUT2D eigenvalue weighted by Crippen LogP contribution is -1.93. The summed E-state index contributed by atoms with van der Waals surface area (Å²) in [5, 5.41) is 5.69. The van der Waals surface area contributed by atoms with Gasteiger partial charge in [-0.05, 0) is 35.7 Å². The van der Waals surface area contributed by atoms with Gasteiger partial charge in [0.2, 0.25) is 0 Å². The number of halogens is 1. The van der Waals surface area contributed by atoms with Crippen molar-refractivity contribution < 1.29 is 0 Å². The number of hydrogen-bond acceptors (Lipinski definition) is 0. The number of fused-ring (bicyclic) bond motifs is 5. The molecule has 4 aromatic carbocycles. The fourth-order valence-electron chi connectivity index (χ4n) is 3.60. The van der Waals surface area contributed by atoms with Crippen molar-refractivity contribution in [2.75, 3.05) is 0 Å². The summed E-state index contributed by atoms with van der Waals surface area (Å²) in [6.45, 7) is 0. The van der Waals surface area contributed by atoms with E-state index >= 15 is 0 Å². The number of benzene rings is 4. The Morgan fingerprint density at radius 2 is 1.38 bits per heavy atom. The molecule has 0 spiro atoms. The molecule has 0 radical (unpaired) electrons. The van der Waals surface area contributed by atoms with Gasteiger partial charge in [0.15, 0.2) is 0 Å². The third kappa shape index (κ3) is 1.88. The van der Waals surface area contributed by atoms with Crippen LogP contribution < -0.4 is 0 Å². The first kappa shape index (κ1) is 13.6. The lowest BCUT2D eigenvalue weighted by molar-refractivity contribution is 1.19. The molecule has 0 unspecified atom stereocenters. The summed E-state index contributed by atoms with van der Waals surface area (Å²) >= 11 is 6.20. The van der Waals surface area contributed by atoms with Crippen LogP contribution in [-0.2, 0) is 0 Å². The minimum Gasteiger partial charge on any atom is -0.309 e. The summed E-state index contributed by atoms with van der Waals surface area (Å²) in [5.41, 5.74) is 3.63. The second-order valence-corrected chi connectivity index (χ2v) is 6.45. The van der Waals surface area contributed by atoms with Gasteiger partial charge >= 0.3 is 0 Å². The van der Waals surface area contributed by atoms with Crippen molar-refractivity contribution >= 4 is 44.2 Å². The van der Waals surface area contributed by atoms with Gasteiger partial charge in [0.05, 0.1) is 11.0 Å². The third-order valence-electron chi connectivity index (χ3n) is 4.63. The molecule has 0 amide bonds. The Bertz CT molecular complexity index is 1200. The van der Waals surface area contributed by atoms with Crippen LogP contribution in [0, 0.1) is 0 Å². The molecule has 0 saturated heterocycles. The molecule has 5 rings (SSSR count). The number of hydrogen-bond donors (Lipinski definition) is 0. The Balaban J connectivity index is 2.07. The van der Waals surface area contributed by atoms with Crippen LogP contribution in [0.2, 0.25) is 5.02 Å². The van der Waals surface area contributed by atoms with Crippen molar-refractivity contribution in [3.8, 4) is 5.69 Å². The van der Waals surface area contributed by atoms with Crippen LogP contribution in [0.3, 0.4) is 0 Å². The standard InChI is InChI=1S/C22H14ClN/c23-16-11-13-18-15(14-16)10-12-20-19-8-4-5-9-21(19)24(22(18)20)17-6-2-1-3-7-17/h1-14H. The van der Waals surface area contributed by atoms with Crippen LogP contribution in [-0.4, -0.2) is 4.57 Å². The largest absolute Gasteiger partial charge is 0.309 e. The highest BCUT2D eigenvalue weighted by Crippen LogP contribution is 2.36. The van der Waals surface area contributed by atoms with Crippen LogP contribution in [0.1, 0.15) is 0 Å². The first-order chi connectivity index (χ1) is 11.8. The molecule has 0 aliphatic carbocycles. The monoisotopic (exact) mass is 327 g/mol. The highest BCUT2D eigenvalue weighted by atomic mass is 35.5. The zero-order valence-electron chi connectivity index (χ0n) is 12.9. The first-order valence-electron chi connectivity index (χ1n) is 8.00. The van der Waals surface area contributed by atoms with Crippen LogP contribution in [0.5, 0.6) is 0 Å². The SMILES string of the molecule is Clc1ccc2c(ccc3c4ccccc4n(-c4ccccc4)c23)c1. The van der Waals surface area contributed by atoms with Crippen molar-refractivity contribution in [1.29, 1.82) is 0 Å². The van der Waals surface area contributed by atoms with Crippen molar-refractivity contribution in [3.05, 3.63) is 90.0 Å². The van der Waals surface area contributed by atoms with Gasteiger partial charge in [-0.25, -0.2) is 0 Å². The average molecular weight is 328 g/mol. The summed E-state index contributed by atoms with van der Waals surface area (Å²) in [4.78, 5) is 0. The van der Waals surface area contributed by atoms with Gasteiger partial charge in [0, 0.05) is 26.9 Å². The maximum Gasteiger partial charge on any atom is 0.0619 e.